The van der Waals surface area contributed by atoms with Gasteiger partial charge in [0.1, 0.15) is 0 Å². The molecule has 110 valence electrons. The summed E-state index contributed by atoms with van der Waals surface area (Å²) in [5, 5.41) is 17.0. The molecule has 2 N–H and O–H groups in total. The molecule has 0 aliphatic heterocycles. The van der Waals surface area contributed by atoms with Gasteiger partial charge in [0.05, 0.1) is 10.6 Å². The van der Waals surface area contributed by atoms with Gasteiger partial charge in [0.15, 0.2) is 5.82 Å². The van der Waals surface area contributed by atoms with E-state index >= 15 is 0 Å². The highest BCUT2D eigenvalue weighted by atomic mass is 16.6. The van der Waals surface area contributed by atoms with Crippen molar-refractivity contribution in [1.29, 1.82) is 0 Å². The predicted molar refractivity (Wildman–Crippen MR) is 80.4 cm³/mol. The number of H-pyrrole nitrogens is 1. The molecule has 8 heteroatoms. The molecule has 0 aliphatic rings. The zero-order valence-electron chi connectivity index (χ0n) is 11.3. The molecule has 8 nitrogen and oxygen atoms in total. The molecule has 0 radical (unpaired) electrons. The van der Waals surface area contributed by atoms with Crippen molar-refractivity contribution in [2.24, 2.45) is 0 Å². The SMILES string of the molecule is O=c1[nH]nc(-c2ccccc2)n1Nc1ccc([N+](=O)[O-])cc1. The van der Waals surface area contributed by atoms with Crippen molar-refractivity contribution in [2.75, 3.05) is 5.43 Å². The third-order valence-corrected chi connectivity index (χ3v) is 3.02. The first kappa shape index (κ1) is 13.6. The molecule has 1 heterocycles. The molecule has 22 heavy (non-hydrogen) atoms. The molecule has 0 unspecified atom stereocenters. The first-order valence-corrected chi connectivity index (χ1v) is 6.39. The van der Waals surface area contributed by atoms with Crippen molar-refractivity contribution in [3.63, 3.8) is 0 Å². The van der Waals surface area contributed by atoms with Gasteiger partial charge in [0.25, 0.3) is 5.69 Å². The lowest BCUT2D eigenvalue weighted by atomic mass is 10.2. The maximum absolute atomic E-state index is 11.9. The molecule has 3 aromatic rings. The highest BCUT2D eigenvalue weighted by molar-refractivity contribution is 5.57. The van der Waals surface area contributed by atoms with Crippen LogP contribution in [0.3, 0.4) is 0 Å². The number of non-ortho nitro benzene ring substituents is 1. The van der Waals surface area contributed by atoms with E-state index in [-0.39, 0.29) is 5.69 Å². The predicted octanol–water partition coefficient (Wildman–Crippen LogP) is 2.02. The molecule has 0 saturated heterocycles. The van der Waals surface area contributed by atoms with Gasteiger partial charge < -0.3 is 0 Å². The van der Waals surface area contributed by atoms with Gasteiger partial charge in [0.2, 0.25) is 0 Å². The molecule has 0 saturated carbocycles. The van der Waals surface area contributed by atoms with Gasteiger partial charge in [-0.25, -0.2) is 9.89 Å². The number of nitrogens with zero attached hydrogens (tertiary/aromatic N) is 3. The Morgan fingerprint density at radius 2 is 1.77 bits per heavy atom. The van der Waals surface area contributed by atoms with Gasteiger partial charge >= 0.3 is 5.69 Å². The molecule has 0 bridgehead atoms. The summed E-state index contributed by atoms with van der Waals surface area (Å²) in [4.78, 5) is 22.0. The Morgan fingerprint density at radius 3 is 2.41 bits per heavy atom. The van der Waals surface area contributed by atoms with E-state index in [2.05, 4.69) is 15.6 Å². The average Bonchev–Trinajstić information content (AvgIpc) is 2.90. The molecule has 0 atom stereocenters. The summed E-state index contributed by atoms with van der Waals surface area (Å²) >= 11 is 0. The summed E-state index contributed by atoms with van der Waals surface area (Å²) in [6.45, 7) is 0. The summed E-state index contributed by atoms with van der Waals surface area (Å²) < 4.78 is 1.25. The van der Waals surface area contributed by atoms with E-state index in [4.69, 9.17) is 0 Å². The van der Waals surface area contributed by atoms with Gasteiger partial charge in [-0.05, 0) is 12.1 Å². The summed E-state index contributed by atoms with van der Waals surface area (Å²) in [6, 6.07) is 14.9. The fourth-order valence-corrected chi connectivity index (χ4v) is 1.97. The second-order valence-corrected chi connectivity index (χ2v) is 4.47. The van der Waals surface area contributed by atoms with E-state index < -0.39 is 10.6 Å². The maximum Gasteiger partial charge on any atom is 0.362 e. The molecule has 0 fully saturated rings. The zero-order chi connectivity index (χ0) is 15.5. The van der Waals surface area contributed by atoms with Crippen molar-refractivity contribution in [3.05, 3.63) is 75.2 Å². The van der Waals surface area contributed by atoms with Crippen LogP contribution in [-0.2, 0) is 0 Å². The van der Waals surface area contributed by atoms with Gasteiger partial charge in [-0.1, -0.05) is 30.3 Å². The van der Waals surface area contributed by atoms with Crippen LogP contribution in [0.1, 0.15) is 0 Å². The standard InChI is InChI=1S/C14H11N5O3/c20-14-16-15-13(10-4-2-1-3-5-10)18(14)17-11-6-8-12(9-7-11)19(21)22/h1-9,17H,(H,16,20). The third kappa shape index (κ3) is 2.57. The highest BCUT2D eigenvalue weighted by Crippen LogP contribution is 2.18. The minimum Gasteiger partial charge on any atom is -0.288 e. The molecular weight excluding hydrogens is 286 g/mol. The van der Waals surface area contributed by atoms with Crippen LogP contribution >= 0.6 is 0 Å². The number of nitro groups is 1. The number of aromatic nitrogens is 3. The van der Waals surface area contributed by atoms with Gasteiger partial charge in [-0.2, -0.15) is 9.77 Å². The first-order chi connectivity index (χ1) is 10.6. The Labute approximate surface area is 124 Å². The molecule has 1 aromatic heterocycles. The van der Waals surface area contributed by atoms with Crippen molar-refractivity contribution >= 4 is 11.4 Å². The highest BCUT2D eigenvalue weighted by Gasteiger charge is 2.11. The number of nitro benzene ring substituents is 1. The number of aromatic amines is 1. The lowest BCUT2D eigenvalue weighted by molar-refractivity contribution is -0.384. The number of benzene rings is 2. The van der Waals surface area contributed by atoms with Crippen molar-refractivity contribution in [1.82, 2.24) is 14.9 Å². The summed E-state index contributed by atoms with van der Waals surface area (Å²) in [5.41, 5.74) is 3.71. The third-order valence-electron chi connectivity index (χ3n) is 3.02. The first-order valence-electron chi connectivity index (χ1n) is 6.39. The minimum atomic E-state index is -0.483. The number of rotatable bonds is 4. The van der Waals surface area contributed by atoms with Crippen molar-refractivity contribution in [3.8, 4) is 11.4 Å². The number of nitrogens with one attached hydrogen (secondary N) is 2. The minimum absolute atomic E-state index is 0.0200. The van der Waals surface area contributed by atoms with Gasteiger partial charge in [-0.3, -0.25) is 15.5 Å². The van der Waals surface area contributed by atoms with E-state index in [0.717, 1.165) is 5.56 Å². The van der Waals surface area contributed by atoms with E-state index in [1.807, 2.05) is 30.3 Å². The van der Waals surface area contributed by atoms with Crippen LogP contribution in [0.2, 0.25) is 0 Å². The van der Waals surface area contributed by atoms with Crippen molar-refractivity contribution in [2.45, 2.75) is 0 Å². The van der Waals surface area contributed by atoms with Crippen LogP contribution in [0, 0.1) is 10.1 Å². The Morgan fingerprint density at radius 1 is 1.09 bits per heavy atom. The van der Waals surface area contributed by atoms with Crippen LogP contribution in [0.5, 0.6) is 0 Å². The normalized spacial score (nSPS) is 10.4. The summed E-state index contributed by atoms with van der Waals surface area (Å²) in [6.07, 6.45) is 0. The fraction of sp³-hybridized carbons (Fsp3) is 0. The van der Waals surface area contributed by atoms with Crippen LogP contribution in [0.25, 0.3) is 11.4 Å². The number of hydrogen-bond acceptors (Lipinski definition) is 5. The maximum atomic E-state index is 11.9. The summed E-state index contributed by atoms with van der Waals surface area (Å²) in [7, 11) is 0. The van der Waals surface area contributed by atoms with E-state index in [1.165, 1.54) is 28.9 Å². The molecular formula is C14H11N5O3. The van der Waals surface area contributed by atoms with Crippen LogP contribution in [-0.4, -0.2) is 19.8 Å². The lowest BCUT2D eigenvalue weighted by Gasteiger charge is -2.08. The monoisotopic (exact) mass is 297 g/mol. The molecule has 3 rings (SSSR count). The largest absolute Gasteiger partial charge is 0.362 e. The lowest BCUT2D eigenvalue weighted by Crippen LogP contribution is -2.24. The second kappa shape index (κ2) is 5.52. The molecule has 2 aromatic carbocycles. The molecule has 0 amide bonds. The van der Waals surface area contributed by atoms with Gasteiger partial charge in [0, 0.05) is 17.7 Å². The number of hydrogen-bond donors (Lipinski definition) is 2. The van der Waals surface area contributed by atoms with Crippen LogP contribution in [0.4, 0.5) is 11.4 Å². The van der Waals surface area contributed by atoms with E-state index in [0.29, 0.717) is 11.5 Å². The Hall–Kier alpha value is -3.42. The zero-order valence-corrected chi connectivity index (χ0v) is 11.3. The Kier molecular flexibility index (Phi) is 3.40. The Balaban J connectivity index is 1.94. The quantitative estimate of drug-likeness (QED) is 0.566. The van der Waals surface area contributed by atoms with Crippen molar-refractivity contribution < 1.29 is 4.92 Å². The number of anilines is 1. The van der Waals surface area contributed by atoms with Crippen LogP contribution < -0.4 is 11.1 Å². The topological polar surface area (TPSA) is 106 Å². The molecule has 0 spiro atoms. The average molecular weight is 297 g/mol. The second-order valence-electron chi connectivity index (χ2n) is 4.47. The fourth-order valence-electron chi connectivity index (χ4n) is 1.97. The van der Waals surface area contributed by atoms with Gasteiger partial charge in [-0.15, -0.1) is 0 Å². The molecule has 0 aliphatic carbocycles. The smallest absolute Gasteiger partial charge is 0.288 e. The summed E-state index contributed by atoms with van der Waals surface area (Å²) in [5.74, 6) is 0.420. The van der Waals surface area contributed by atoms with E-state index in [1.54, 1.807) is 0 Å². The van der Waals surface area contributed by atoms with E-state index in [9.17, 15) is 14.9 Å². The van der Waals surface area contributed by atoms with Crippen LogP contribution in [0.15, 0.2) is 59.4 Å². The Bertz CT molecular complexity index is 852.